The fourth-order valence-electron chi connectivity index (χ4n) is 4.29. The second-order valence-electron chi connectivity index (χ2n) is 7.78. The van der Waals surface area contributed by atoms with Gasteiger partial charge in [0.2, 0.25) is 0 Å². The van der Waals surface area contributed by atoms with Crippen molar-refractivity contribution in [2.45, 2.75) is 23.9 Å². The lowest BCUT2D eigenvalue weighted by molar-refractivity contribution is 0.0246. The first-order chi connectivity index (χ1) is 13.6. The maximum absolute atomic E-state index is 13.1. The van der Waals surface area contributed by atoms with Crippen LogP contribution in [0.3, 0.4) is 0 Å². The summed E-state index contributed by atoms with van der Waals surface area (Å²) in [4.78, 5) is 19.4. The van der Waals surface area contributed by atoms with Crippen molar-refractivity contribution in [3.05, 3.63) is 66.1 Å². The SMILES string of the molecule is Cn1cc(C(=O)N2CC3(CC(OCc4ccccn4)CS3)C2)c2ccccc21. The first kappa shape index (κ1) is 17.8. The lowest BCUT2D eigenvalue weighted by Crippen LogP contribution is -2.60. The molecule has 1 amide bonds. The molecule has 2 aliphatic rings. The van der Waals surface area contributed by atoms with Crippen molar-refractivity contribution in [1.29, 1.82) is 0 Å². The van der Waals surface area contributed by atoms with Crippen LogP contribution in [0, 0.1) is 0 Å². The molecule has 5 nitrogen and oxygen atoms in total. The zero-order valence-corrected chi connectivity index (χ0v) is 16.7. The van der Waals surface area contributed by atoms with Gasteiger partial charge in [0.15, 0.2) is 0 Å². The van der Waals surface area contributed by atoms with Crippen molar-refractivity contribution < 1.29 is 9.53 Å². The second-order valence-corrected chi connectivity index (χ2v) is 9.27. The molecule has 2 aliphatic heterocycles. The second kappa shape index (κ2) is 6.94. The highest BCUT2D eigenvalue weighted by Gasteiger charge is 2.51. The van der Waals surface area contributed by atoms with Crippen molar-refractivity contribution in [3.8, 4) is 0 Å². The minimum absolute atomic E-state index is 0.140. The van der Waals surface area contributed by atoms with Gasteiger partial charge in [-0.3, -0.25) is 9.78 Å². The molecule has 28 heavy (non-hydrogen) atoms. The number of aromatic nitrogens is 2. The number of thioether (sulfide) groups is 1. The van der Waals surface area contributed by atoms with Crippen LogP contribution >= 0.6 is 11.8 Å². The largest absolute Gasteiger partial charge is 0.371 e. The average Bonchev–Trinajstić information content (AvgIpc) is 3.28. The number of ether oxygens (including phenoxy) is 1. The van der Waals surface area contributed by atoms with Gasteiger partial charge in [0.25, 0.3) is 5.91 Å². The molecule has 0 saturated carbocycles. The Balaban J connectivity index is 1.21. The monoisotopic (exact) mass is 393 g/mol. The number of carbonyl (C=O) groups is 1. The van der Waals surface area contributed by atoms with E-state index in [4.69, 9.17) is 4.74 Å². The molecule has 0 aliphatic carbocycles. The normalized spacial score (nSPS) is 20.6. The Bertz CT molecular complexity index is 1010. The molecule has 0 N–H and O–H groups in total. The van der Waals surface area contributed by atoms with Crippen LogP contribution in [-0.4, -0.2) is 50.1 Å². The third kappa shape index (κ3) is 3.10. The van der Waals surface area contributed by atoms with E-state index in [1.54, 1.807) is 6.20 Å². The minimum atomic E-state index is 0.140. The van der Waals surface area contributed by atoms with Crippen molar-refractivity contribution in [2.75, 3.05) is 18.8 Å². The Morgan fingerprint density at radius 1 is 1.25 bits per heavy atom. The summed E-state index contributed by atoms with van der Waals surface area (Å²) in [5.41, 5.74) is 2.87. The molecule has 2 fully saturated rings. The first-order valence-corrected chi connectivity index (χ1v) is 10.6. The summed E-state index contributed by atoms with van der Waals surface area (Å²) in [6.07, 6.45) is 5.00. The smallest absolute Gasteiger partial charge is 0.256 e. The molecule has 1 atom stereocenters. The van der Waals surface area contributed by atoms with Crippen LogP contribution in [0.25, 0.3) is 10.9 Å². The highest BCUT2D eigenvalue weighted by Crippen LogP contribution is 2.46. The quantitative estimate of drug-likeness (QED) is 0.681. The molecule has 144 valence electrons. The number of hydrogen-bond acceptors (Lipinski definition) is 4. The summed E-state index contributed by atoms with van der Waals surface area (Å²) in [6.45, 7) is 2.17. The van der Waals surface area contributed by atoms with E-state index in [0.29, 0.717) is 6.61 Å². The number of aryl methyl sites for hydroxylation is 1. The number of rotatable bonds is 4. The van der Waals surface area contributed by atoms with Crippen LogP contribution < -0.4 is 0 Å². The van der Waals surface area contributed by atoms with Gasteiger partial charge in [0.05, 0.1) is 28.7 Å². The zero-order valence-electron chi connectivity index (χ0n) is 15.9. The molecule has 1 unspecified atom stereocenters. The lowest BCUT2D eigenvalue weighted by atomic mass is 9.92. The van der Waals surface area contributed by atoms with Crippen LogP contribution in [0.2, 0.25) is 0 Å². The molecule has 6 heteroatoms. The molecular weight excluding hydrogens is 370 g/mol. The van der Waals surface area contributed by atoms with E-state index in [1.165, 1.54) is 0 Å². The fraction of sp³-hybridized carbons (Fsp3) is 0.364. The van der Waals surface area contributed by atoms with Gasteiger partial charge in [-0.2, -0.15) is 0 Å². The van der Waals surface area contributed by atoms with Gasteiger partial charge in [-0.25, -0.2) is 0 Å². The van der Waals surface area contributed by atoms with E-state index >= 15 is 0 Å². The minimum Gasteiger partial charge on any atom is -0.371 e. The Morgan fingerprint density at radius 2 is 2.07 bits per heavy atom. The molecule has 3 aromatic rings. The third-order valence-corrected chi connectivity index (χ3v) is 7.32. The summed E-state index contributed by atoms with van der Waals surface area (Å²) in [7, 11) is 1.99. The molecule has 5 rings (SSSR count). The van der Waals surface area contributed by atoms with E-state index in [1.807, 2.05) is 70.9 Å². The van der Waals surface area contributed by atoms with Gasteiger partial charge in [-0.15, -0.1) is 11.8 Å². The number of para-hydroxylation sites is 1. The number of amides is 1. The number of carbonyl (C=O) groups excluding carboxylic acids is 1. The van der Waals surface area contributed by atoms with Gasteiger partial charge in [0, 0.05) is 49.2 Å². The van der Waals surface area contributed by atoms with Crippen LogP contribution in [0.4, 0.5) is 0 Å². The Hall–Kier alpha value is -2.31. The van der Waals surface area contributed by atoms with Crippen LogP contribution in [-0.2, 0) is 18.4 Å². The number of fused-ring (bicyclic) bond motifs is 1. The van der Waals surface area contributed by atoms with Crippen LogP contribution in [0.15, 0.2) is 54.9 Å². The molecule has 1 spiro atoms. The molecule has 1 aromatic carbocycles. The molecule has 0 radical (unpaired) electrons. The molecule has 0 bridgehead atoms. The number of nitrogens with zero attached hydrogens (tertiary/aromatic N) is 3. The Morgan fingerprint density at radius 3 is 2.89 bits per heavy atom. The summed E-state index contributed by atoms with van der Waals surface area (Å²) in [6, 6.07) is 14.0. The summed E-state index contributed by atoms with van der Waals surface area (Å²) >= 11 is 1.96. The maximum atomic E-state index is 13.1. The van der Waals surface area contributed by atoms with Crippen LogP contribution in [0.5, 0.6) is 0 Å². The zero-order chi connectivity index (χ0) is 19.1. The van der Waals surface area contributed by atoms with Gasteiger partial charge < -0.3 is 14.2 Å². The number of likely N-dealkylation sites (tertiary alicyclic amines) is 1. The number of hydrogen-bond donors (Lipinski definition) is 0. The first-order valence-electron chi connectivity index (χ1n) is 9.62. The molecule has 4 heterocycles. The summed E-state index contributed by atoms with van der Waals surface area (Å²) < 4.78 is 8.26. The standard InChI is InChI=1S/C22H23N3O2S/c1-24-11-19(18-7-2-3-8-20(18)24)21(26)25-14-22(15-25)10-17(13-28-22)27-12-16-6-4-5-9-23-16/h2-9,11,17H,10,12-15H2,1H3. The van der Waals surface area contributed by atoms with E-state index < -0.39 is 0 Å². The summed E-state index contributed by atoms with van der Waals surface area (Å²) in [5.74, 6) is 1.13. The molecular formula is C22H23N3O2S. The van der Waals surface area contributed by atoms with Gasteiger partial charge in [0.1, 0.15) is 0 Å². The van der Waals surface area contributed by atoms with E-state index in [9.17, 15) is 4.79 Å². The van der Waals surface area contributed by atoms with Gasteiger partial charge in [-0.05, 0) is 24.6 Å². The van der Waals surface area contributed by atoms with E-state index in [0.717, 1.165) is 47.4 Å². The molecule has 2 saturated heterocycles. The predicted molar refractivity (Wildman–Crippen MR) is 111 cm³/mol. The fourth-order valence-corrected chi connectivity index (χ4v) is 5.84. The highest BCUT2D eigenvalue weighted by atomic mass is 32.2. The Labute approximate surface area is 168 Å². The van der Waals surface area contributed by atoms with Crippen LogP contribution in [0.1, 0.15) is 22.5 Å². The van der Waals surface area contributed by atoms with Crippen molar-refractivity contribution in [2.24, 2.45) is 7.05 Å². The summed E-state index contributed by atoms with van der Waals surface area (Å²) in [5, 5.41) is 1.03. The highest BCUT2D eigenvalue weighted by molar-refractivity contribution is 8.01. The maximum Gasteiger partial charge on any atom is 0.256 e. The third-order valence-electron chi connectivity index (χ3n) is 5.74. The van der Waals surface area contributed by atoms with Gasteiger partial charge >= 0.3 is 0 Å². The average molecular weight is 394 g/mol. The lowest BCUT2D eigenvalue weighted by Gasteiger charge is -2.47. The van der Waals surface area contributed by atoms with E-state index in [2.05, 4.69) is 11.1 Å². The predicted octanol–water partition coefficient (Wildman–Crippen LogP) is 3.49. The number of benzene rings is 1. The van der Waals surface area contributed by atoms with Crippen molar-refractivity contribution in [3.63, 3.8) is 0 Å². The Kier molecular flexibility index (Phi) is 4.40. The van der Waals surface area contributed by atoms with Gasteiger partial charge in [-0.1, -0.05) is 24.3 Å². The number of pyridine rings is 1. The van der Waals surface area contributed by atoms with Crippen molar-refractivity contribution >= 4 is 28.6 Å². The van der Waals surface area contributed by atoms with E-state index in [-0.39, 0.29) is 16.8 Å². The molecule has 2 aromatic heterocycles. The topological polar surface area (TPSA) is 47.4 Å². The van der Waals surface area contributed by atoms with Crippen molar-refractivity contribution in [1.82, 2.24) is 14.5 Å².